The number of benzene rings is 1. The molecule has 0 heterocycles. The lowest BCUT2D eigenvalue weighted by atomic mass is 9.94. The van der Waals surface area contributed by atoms with Crippen LogP contribution in [0, 0.1) is 27.7 Å². The lowest BCUT2D eigenvalue weighted by Gasteiger charge is -2.16. The minimum atomic E-state index is -1.13. The molecule has 0 aliphatic carbocycles. The van der Waals surface area contributed by atoms with E-state index in [0.717, 1.165) is 5.56 Å². The topological polar surface area (TPSA) is 75.3 Å². The van der Waals surface area contributed by atoms with E-state index >= 15 is 0 Å². The van der Waals surface area contributed by atoms with E-state index in [4.69, 9.17) is 5.73 Å². The van der Waals surface area contributed by atoms with Gasteiger partial charge in [-0.1, -0.05) is 6.07 Å². The van der Waals surface area contributed by atoms with Gasteiger partial charge in [-0.3, -0.25) is 4.79 Å². The molecule has 0 aromatic heterocycles. The summed E-state index contributed by atoms with van der Waals surface area (Å²) in [6, 6.07) is 2.14. The number of nitrogens with one attached hydrogen (secondary N) is 1. The molecule has 1 unspecified atom stereocenters. The lowest BCUT2D eigenvalue weighted by molar-refractivity contribution is -0.128. The number of hydrogen-bond acceptors (Lipinski definition) is 3. The maximum absolute atomic E-state index is 11.5. The molecule has 1 atom stereocenters. The van der Waals surface area contributed by atoms with E-state index in [9.17, 15) is 9.90 Å². The summed E-state index contributed by atoms with van der Waals surface area (Å²) in [5.41, 5.74) is 11.1. The van der Waals surface area contributed by atoms with Crippen molar-refractivity contribution in [3.8, 4) is 0 Å². The van der Waals surface area contributed by atoms with Crippen molar-refractivity contribution >= 4 is 5.91 Å². The Bertz CT molecular complexity index is 429. The van der Waals surface area contributed by atoms with Crippen LogP contribution >= 0.6 is 0 Å². The number of amides is 1. The van der Waals surface area contributed by atoms with Gasteiger partial charge in [0.15, 0.2) is 0 Å². The zero-order valence-electron chi connectivity index (χ0n) is 11.5. The second-order valence-corrected chi connectivity index (χ2v) is 4.71. The molecule has 0 aliphatic heterocycles. The molecule has 0 aliphatic rings. The Morgan fingerprint density at radius 3 is 2.22 bits per heavy atom. The van der Waals surface area contributed by atoms with Crippen molar-refractivity contribution in [3.63, 3.8) is 0 Å². The Kier molecular flexibility index (Phi) is 4.87. The Balaban J connectivity index is 2.89. The van der Waals surface area contributed by atoms with Gasteiger partial charge in [0, 0.05) is 13.1 Å². The van der Waals surface area contributed by atoms with Gasteiger partial charge >= 0.3 is 0 Å². The molecule has 4 heteroatoms. The molecule has 0 radical (unpaired) electrons. The quantitative estimate of drug-likeness (QED) is 0.741. The minimum Gasteiger partial charge on any atom is -0.382 e. The van der Waals surface area contributed by atoms with E-state index in [1.807, 2.05) is 13.8 Å². The summed E-state index contributed by atoms with van der Waals surface area (Å²) < 4.78 is 0. The van der Waals surface area contributed by atoms with Crippen molar-refractivity contribution in [1.82, 2.24) is 5.32 Å². The van der Waals surface area contributed by atoms with Gasteiger partial charge in [0.25, 0.3) is 0 Å². The second kappa shape index (κ2) is 5.98. The fraction of sp³-hybridized carbons (Fsp3) is 0.500. The van der Waals surface area contributed by atoms with Gasteiger partial charge < -0.3 is 16.2 Å². The minimum absolute atomic E-state index is 0.0589. The maximum Gasteiger partial charge on any atom is 0.250 e. The van der Waals surface area contributed by atoms with Crippen LogP contribution in [0.5, 0.6) is 0 Å². The number of aryl methyl sites for hydroxylation is 2. The van der Waals surface area contributed by atoms with Gasteiger partial charge in [0.05, 0.1) is 0 Å². The first-order valence-electron chi connectivity index (χ1n) is 6.10. The fourth-order valence-electron chi connectivity index (χ4n) is 1.96. The van der Waals surface area contributed by atoms with Crippen LogP contribution in [0.3, 0.4) is 0 Å². The van der Waals surface area contributed by atoms with E-state index in [0.29, 0.717) is 6.54 Å². The molecule has 0 saturated heterocycles. The molecule has 4 nitrogen and oxygen atoms in total. The highest BCUT2D eigenvalue weighted by atomic mass is 16.3. The van der Waals surface area contributed by atoms with Crippen LogP contribution in [0.4, 0.5) is 0 Å². The van der Waals surface area contributed by atoms with Crippen molar-refractivity contribution in [2.75, 3.05) is 6.54 Å². The van der Waals surface area contributed by atoms with Crippen molar-refractivity contribution in [3.05, 3.63) is 33.9 Å². The van der Waals surface area contributed by atoms with Crippen molar-refractivity contribution in [1.29, 1.82) is 0 Å². The second-order valence-electron chi connectivity index (χ2n) is 4.71. The number of hydrogen-bond donors (Lipinski definition) is 3. The van der Waals surface area contributed by atoms with Crippen LogP contribution in [-0.4, -0.2) is 23.7 Å². The number of carbonyl (C=O) groups is 1. The highest BCUT2D eigenvalue weighted by molar-refractivity contribution is 5.80. The molecule has 1 rings (SSSR count). The van der Waals surface area contributed by atoms with Crippen LogP contribution in [0.2, 0.25) is 0 Å². The van der Waals surface area contributed by atoms with Crippen LogP contribution in [-0.2, 0) is 11.3 Å². The van der Waals surface area contributed by atoms with Gasteiger partial charge in [-0.15, -0.1) is 0 Å². The third kappa shape index (κ3) is 3.09. The number of aliphatic hydroxyl groups is 1. The Hall–Kier alpha value is -1.39. The van der Waals surface area contributed by atoms with Gasteiger partial charge in [-0.2, -0.15) is 0 Å². The molecule has 0 spiro atoms. The normalized spacial score (nSPS) is 12.3. The van der Waals surface area contributed by atoms with Crippen molar-refractivity contribution in [2.24, 2.45) is 5.73 Å². The van der Waals surface area contributed by atoms with Gasteiger partial charge in [-0.05, 0) is 55.5 Å². The fourth-order valence-corrected chi connectivity index (χ4v) is 1.96. The van der Waals surface area contributed by atoms with E-state index < -0.39 is 12.0 Å². The first kappa shape index (κ1) is 14.7. The third-order valence-corrected chi connectivity index (χ3v) is 3.49. The Morgan fingerprint density at radius 1 is 1.28 bits per heavy atom. The molecule has 1 aromatic carbocycles. The molecule has 1 amide bonds. The summed E-state index contributed by atoms with van der Waals surface area (Å²) in [5, 5.41) is 12.0. The third-order valence-electron chi connectivity index (χ3n) is 3.49. The first-order chi connectivity index (χ1) is 8.38. The summed E-state index contributed by atoms with van der Waals surface area (Å²) in [7, 11) is 0. The van der Waals surface area contributed by atoms with Crippen LogP contribution in [0.1, 0.15) is 27.8 Å². The predicted octanol–water partition coefficient (Wildman–Crippen LogP) is 0.856. The number of nitrogens with two attached hydrogens (primary N) is 1. The molecular formula is C14H22N2O2. The lowest BCUT2D eigenvalue weighted by Crippen LogP contribution is -2.39. The molecule has 0 fully saturated rings. The van der Waals surface area contributed by atoms with Crippen LogP contribution < -0.4 is 11.1 Å². The molecule has 0 bridgehead atoms. The van der Waals surface area contributed by atoms with Crippen LogP contribution in [0.25, 0.3) is 0 Å². The van der Waals surface area contributed by atoms with E-state index in [-0.39, 0.29) is 6.54 Å². The van der Waals surface area contributed by atoms with Gasteiger partial charge in [0.2, 0.25) is 5.91 Å². The predicted molar refractivity (Wildman–Crippen MR) is 72.3 cm³/mol. The molecule has 18 heavy (non-hydrogen) atoms. The zero-order chi connectivity index (χ0) is 13.9. The zero-order valence-corrected chi connectivity index (χ0v) is 11.5. The molecule has 100 valence electrons. The van der Waals surface area contributed by atoms with Gasteiger partial charge in [0.1, 0.15) is 6.10 Å². The van der Waals surface area contributed by atoms with E-state index in [2.05, 4.69) is 25.2 Å². The number of aliphatic hydroxyl groups excluding tert-OH is 1. The summed E-state index contributed by atoms with van der Waals surface area (Å²) >= 11 is 0. The maximum atomic E-state index is 11.5. The summed E-state index contributed by atoms with van der Waals surface area (Å²) in [5.74, 6) is -0.421. The standard InChI is InChI=1S/C14H22N2O2/c1-8-5-9(2)11(4)12(10(8)3)7-16-14(18)13(17)6-15/h5,13,17H,6-7,15H2,1-4H3,(H,16,18). The summed E-state index contributed by atoms with van der Waals surface area (Å²) in [6.45, 7) is 8.57. The summed E-state index contributed by atoms with van der Waals surface area (Å²) in [4.78, 5) is 11.5. The Labute approximate surface area is 108 Å². The van der Waals surface area contributed by atoms with E-state index in [1.54, 1.807) is 0 Å². The average molecular weight is 250 g/mol. The SMILES string of the molecule is Cc1cc(C)c(C)c(CNC(=O)C(O)CN)c1C. The molecule has 4 N–H and O–H groups in total. The molecule has 1 aromatic rings. The van der Waals surface area contributed by atoms with Crippen molar-refractivity contribution in [2.45, 2.75) is 40.3 Å². The van der Waals surface area contributed by atoms with Crippen LogP contribution in [0.15, 0.2) is 6.07 Å². The first-order valence-corrected chi connectivity index (χ1v) is 6.10. The monoisotopic (exact) mass is 250 g/mol. The summed E-state index contributed by atoms with van der Waals surface area (Å²) in [6.07, 6.45) is -1.13. The van der Waals surface area contributed by atoms with Gasteiger partial charge in [-0.25, -0.2) is 0 Å². The highest BCUT2D eigenvalue weighted by Gasteiger charge is 2.14. The largest absolute Gasteiger partial charge is 0.382 e. The molecular weight excluding hydrogens is 228 g/mol. The average Bonchev–Trinajstić information content (AvgIpc) is 2.35. The smallest absolute Gasteiger partial charge is 0.250 e. The van der Waals surface area contributed by atoms with E-state index in [1.165, 1.54) is 22.3 Å². The number of carbonyl (C=O) groups excluding carboxylic acids is 1. The van der Waals surface area contributed by atoms with Crippen molar-refractivity contribution < 1.29 is 9.90 Å². The number of rotatable bonds is 4. The highest BCUT2D eigenvalue weighted by Crippen LogP contribution is 2.21. The Morgan fingerprint density at radius 2 is 1.78 bits per heavy atom. The molecule has 0 saturated carbocycles.